The maximum atomic E-state index is 8.37. The van der Waals surface area contributed by atoms with Gasteiger partial charge in [0.05, 0.1) is 59.5 Å². The van der Waals surface area contributed by atoms with Gasteiger partial charge in [-0.05, 0) is 20.5 Å². The number of nitrogens with zero attached hydrogens (tertiary/aromatic N) is 1. The summed E-state index contributed by atoms with van der Waals surface area (Å²) in [5.74, 6) is 0. The normalized spacial score (nSPS) is 10.6. The molecule has 0 fully saturated rings. The maximum Gasteiger partial charge on any atom is 0.0701 e. The average Bonchev–Trinajstić information content (AvgIpc) is 2.50. The summed E-state index contributed by atoms with van der Waals surface area (Å²) in [6.45, 7) is 7.89. The third-order valence-corrected chi connectivity index (χ3v) is 2.25. The molecule has 0 saturated heterocycles. The van der Waals surface area contributed by atoms with Crippen molar-refractivity contribution in [3.8, 4) is 0 Å². The van der Waals surface area contributed by atoms with E-state index in [0.717, 1.165) is 26.2 Å². The third-order valence-electron chi connectivity index (χ3n) is 2.25. The summed E-state index contributed by atoms with van der Waals surface area (Å²) in [5.41, 5.74) is 0. The van der Waals surface area contributed by atoms with Crippen LogP contribution in [0.3, 0.4) is 0 Å². The molecule has 136 valence electrons. The van der Waals surface area contributed by atoms with E-state index in [2.05, 4.69) is 11.8 Å². The van der Waals surface area contributed by atoms with Crippen LogP contribution in [0.25, 0.3) is 0 Å². The molecule has 7 nitrogen and oxygen atoms in total. The number of likely N-dealkylation sites (N-methyl/N-ethyl adjacent to an activating group) is 1. The van der Waals surface area contributed by atoms with Gasteiger partial charge in [-0.3, -0.25) is 0 Å². The SMILES string of the molecule is CCCOCCOCCO.CN(C)CCOCCOCCO. The van der Waals surface area contributed by atoms with Crippen LogP contribution in [-0.4, -0.2) is 102 Å². The van der Waals surface area contributed by atoms with E-state index in [1.165, 1.54) is 0 Å². The van der Waals surface area contributed by atoms with Crippen molar-refractivity contribution < 1.29 is 29.2 Å². The fourth-order valence-corrected chi connectivity index (χ4v) is 1.16. The highest BCUT2D eigenvalue weighted by Crippen LogP contribution is 1.81. The summed E-state index contributed by atoms with van der Waals surface area (Å²) in [6.07, 6.45) is 1.04. The zero-order chi connectivity index (χ0) is 16.9. The molecule has 0 bridgehead atoms. The first-order valence-corrected chi connectivity index (χ1v) is 7.86. The molecule has 0 unspecified atom stereocenters. The van der Waals surface area contributed by atoms with E-state index in [-0.39, 0.29) is 13.2 Å². The smallest absolute Gasteiger partial charge is 0.0701 e. The van der Waals surface area contributed by atoms with Crippen LogP contribution in [0.1, 0.15) is 13.3 Å². The summed E-state index contributed by atoms with van der Waals surface area (Å²) < 4.78 is 20.3. The zero-order valence-electron chi connectivity index (χ0n) is 14.5. The van der Waals surface area contributed by atoms with E-state index < -0.39 is 0 Å². The van der Waals surface area contributed by atoms with Gasteiger partial charge < -0.3 is 34.1 Å². The number of aliphatic hydroxyl groups excluding tert-OH is 2. The van der Waals surface area contributed by atoms with Gasteiger partial charge in [-0.15, -0.1) is 0 Å². The Hall–Kier alpha value is -0.280. The Morgan fingerprint density at radius 3 is 1.41 bits per heavy atom. The molecule has 0 atom stereocenters. The molecular formula is C15H35NO6. The minimum atomic E-state index is 0.0810. The molecule has 0 aromatic carbocycles. The largest absolute Gasteiger partial charge is 0.394 e. The van der Waals surface area contributed by atoms with E-state index in [9.17, 15) is 0 Å². The van der Waals surface area contributed by atoms with Gasteiger partial charge in [0.1, 0.15) is 0 Å². The highest BCUT2D eigenvalue weighted by atomic mass is 16.5. The average molecular weight is 325 g/mol. The van der Waals surface area contributed by atoms with E-state index in [1.54, 1.807) is 0 Å². The van der Waals surface area contributed by atoms with E-state index in [4.69, 9.17) is 29.2 Å². The lowest BCUT2D eigenvalue weighted by molar-refractivity contribution is 0.0295. The Morgan fingerprint density at radius 2 is 1.05 bits per heavy atom. The van der Waals surface area contributed by atoms with Crippen molar-refractivity contribution in [1.82, 2.24) is 4.90 Å². The summed E-state index contributed by atoms with van der Waals surface area (Å²) in [4.78, 5) is 2.06. The molecule has 2 N–H and O–H groups in total. The number of rotatable bonds is 15. The minimum absolute atomic E-state index is 0.0810. The molecule has 0 aromatic heterocycles. The first kappa shape index (κ1) is 24.0. The van der Waals surface area contributed by atoms with E-state index in [0.29, 0.717) is 39.6 Å². The second kappa shape index (κ2) is 23.0. The quantitative estimate of drug-likeness (QED) is 0.410. The molecule has 0 spiro atoms. The van der Waals surface area contributed by atoms with Crippen LogP contribution in [-0.2, 0) is 18.9 Å². The summed E-state index contributed by atoms with van der Waals surface area (Å²) in [5, 5.41) is 16.7. The predicted octanol–water partition coefficient (Wildman–Crippen LogP) is -0.00460. The summed E-state index contributed by atoms with van der Waals surface area (Å²) in [6, 6.07) is 0. The van der Waals surface area contributed by atoms with Crippen LogP contribution in [0.2, 0.25) is 0 Å². The lowest BCUT2D eigenvalue weighted by Crippen LogP contribution is -2.19. The van der Waals surface area contributed by atoms with Crippen molar-refractivity contribution >= 4 is 0 Å². The molecule has 0 aromatic rings. The van der Waals surface area contributed by atoms with Crippen LogP contribution in [0, 0.1) is 0 Å². The lowest BCUT2D eigenvalue weighted by atomic mass is 10.5. The molecule has 0 heterocycles. The van der Waals surface area contributed by atoms with Gasteiger partial charge >= 0.3 is 0 Å². The monoisotopic (exact) mass is 325 g/mol. The lowest BCUT2D eigenvalue weighted by Gasteiger charge is -2.09. The van der Waals surface area contributed by atoms with Gasteiger partial charge in [0, 0.05) is 13.2 Å². The zero-order valence-corrected chi connectivity index (χ0v) is 14.5. The molecule has 0 aliphatic rings. The third kappa shape index (κ3) is 28.0. The van der Waals surface area contributed by atoms with Gasteiger partial charge in [0.2, 0.25) is 0 Å². The Kier molecular flexibility index (Phi) is 25.1. The van der Waals surface area contributed by atoms with Crippen molar-refractivity contribution in [1.29, 1.82) is 0 Å². The number of aliphatic hydroxyl groups is 2. The van der Waals surface area contributed by atoms with E-state index >= 15 is 0 Å². The molecular weight excluding hydrogens is 290 g/mol. The van der Waals surface area contributed by atoms with Crippen LogP contribution < -0.4 is 0 Å². The fourth-order valence-electron chi connectivity index (χ4n) is 1.16. The first-order valence-electron chi connectivity index (χ1n) is 7.86. The standard InChI is InChI=1S/C8H19NO3.C7H16O3/c1-9(2)3-5-11-7-8-12-6-4-10;1-2-4-9-6-7-10-5-3-8/h10H,3-8H2,1-2H3;8H,2-7H2,1H3. The first-order chi connectivity index (χ1) is 10.7. The van der Waals surface area contributed by atoms with Crippen LogP contribution in [0.5, 0.6) is 0 Å². The Bertz CT molecular complexity index is 175. The van der Waals surface area contributed by atoms with Gasteiger partial charge in [-0.25, -0.2) is 0 Å². The molecule has 22 heavy (non-hydrogen) atoms. The van der Waals surface area contributed by atoms with Crippen molar-refractivity contribution in [3.05, 3.63) is 0 Å². The summed E-state index contributed by atoms with van der Waals surface area (Å²) >= 11 is 0. The molecule has 0 aliphatic heterocycles. The van der Waals surface area contributed by atoms with Crippen LogP contribution in [0.15, 0.2) is 0 Å². The van der Waals surface area contributed by atoms with E-state index in [1.807, 2.05) is 14.1 Å². The highest BCUT2D eigenvalue weighted by molar-refractivity contribution is 4.39. The van der Waals surface area contributed by atoms with Gasteiger partial charge in [0.25, 0.3) is 0 Å². The van der Waals surface area contributed by atoms with Crippen LogP contribution >= 0.6 is 0 Å². The fraction of sp³-hybridized carbons (Fsp3) is 1.00. The molecule has 0 radical (unpaired) electrons. The molecule has 0 amide bonds. The van der Waals surface area contributed by atoms with Gasteiger partial charge in [-0.1, -0.05) is 6.92 Å². The van der Waals surface area contributed by atoms with Crippen molar-refractivity contribution in [3.63, 3.8) is 0 Å². The number of hydrogen-bond acceptors (Lipinski definition) is 7. The molecule has 0 rings (SSSR count). The predicted molar refractivity (Wildman–Crippen MR) is 86.3 cm³/mol. The molecule has 0 saturated carbocycles. The van der Waals surface area contributed by atoms with Gasteiger partial charge in [0.15, 0.2) is 0 Å². The topological polar surface area (TPSA) is 80.6 Å². The number of hydrogen-bond donors (Lipinski definition) is 2. The Balaban J connectivity index is 0. The van der Waals surface area contributed by atoms with Crippen molar-refractivity contribution in [2.75, 3.05) is 86.7 Å². The summed E-state index contributed by atoms with van der Waals surface area (Å²) in [7, 11) is 4.01. The minimum Gasteiger partial charge on any atom is -0.394 e. The second-order valence-electron chi connectivity index (χ2n) is 4.70. The van der Waals surface area contributed by atoms with Crippen LogP contribution in [0.4, 0.5) is 0 Å². The van der Waals surface area contributed by atoms with Crippen molar-refractivity contribution in [2.24, 2.45) is 0 Å². The molecule has 7 heteroatoms. The highest BCUT2D eigenvalue weighted by Gasteiger charge is 1.91. The maximum absolute atomic E-state index is 8.37. The Morgan fingerprint density at radius 1 is 0.636 bits per heavy atom. The second-order valence-corrected chi connectivity index (χ2v) is 4.70. The van der Waals surface area contributed by atoms with Gasteiger partial charge in [-0.2, -0.15) is 0 Å². The Labute approximate surface area is 135 Å². The number of ether oxygens (including phenoxy) is 4. The molecule has 0 aliphatic carbocycles. The van der Waals surface area contributed by atoms with Crippen molar-refractivity contribution in [2.45, 2.75) is 13.3 Å².